The van der Waals surface area contributed by atoms with E-state index in [2.05, 4.69) is 27.8 Å². The van der Waals surface area contributed by atoms with Gasteiger partial charge in [0, 0.05) is 30.5 Å². The molecule has 3 aromatic rings. The zero-order valence-corrected chi connectivity index (χ0v) is 11.4. The van der Waals surface area contributed by atoms with Crippen molar-refractivity contribution in [3.63, 3.8) is 0 Å². The summed E-state index contributed by atoms with van der Waals surface area (Å²) in [5, 5.41) is 0. The lowest BCUT2D eigenvalue weighted by atomic mass is 10.1. The number of aryl methyl sites for hydroxylation is 1. The van der Waals surface area contributed by atoms with Gasteiger partial charge in [-0.3, -0.25) is 4.98 Å². The molecule has 100 valence electrons. The number of fused-ring (bicyclic) bond motifs is 1. The van der Waals surface area contributed by atoms with Gasteiger partial charge in [-0.1, -0.05) is 6.07 Å². The number of nitrogens with zero attached hydrogens (tertiary/aromatic N) is 3. The Morgan fingerprint density at radius 3 is 2.80 bits per heavy atom. The van der Waals surface area contributed by atoms with Gasteiger partial charge in [0.25, 0.3) is 0 Å². The van der Waals surface area contributed by atoms with Gasteiger partial charge in [0.1, 0.15) is 5.82 Å². The van der Waals surface area contributed by atoms with E-state index in [-0.39, 0.29) is 5.54 Å². The summed E-state index contributed by atoms with van der Waals surface area (Å²) in [4.78, 5) is 8.87. The second-order valence-corrected chi connectivity index (χ2v) is 5.60. The van der Waals surface area contributed by atoms with Gasteiger partial charge in [0.2, 0.25) is 0 Å². The first-order valence-corrected chi connectivity index (χ1v) is 6.84. The molecule has 0 aliphatic heterocycles. The second kappa shape index (κ2) is 3.90. The molecule has 1 aromatic carbocycles. The van der Waals surface area contributed by atoms with Crippen LogP contribution in [0.15, 0.2) is 42.7 Å². The Morgan fingerprint density at radius 1 is 1.25 bits per heavy atom. The Labute approximate surface area is 117 Å². The molecule has 1 fully saturated rings. The molecule has 0 spiro atoms. The third-order valence-electron chi connectivity index (χ3n) is 4.16. The molecule has 0 unspecified atom stereocenters. The van der Waals surface area contributed by atoms with Crippen molar-refractivity contribution < 1.29 is 0 Å². The zero-order chi connectivity index (χ0) is 13.7. The highest BCUT2D eigenvalue weighted by atomic mass is 15.1. The van der Waals surface area contributed by atoms with E-state index in [0.29, 0.717) is 0 Å². The average Bonchev–Trinajstić information content (AvgIpc) is 3.15. The second-order valence-electron chi connectivity index (χ2n) is 5.60. The Hall–Kier alpha value is -2.20. The van der Waals surface area contributed by atoms with E-state index in [1.165, 1.54) is 5.56 Å². The van der Waals surface area contributed by atoms with Crippen LogP contribution in [0.2, 0.25) is 0 Å². The van der Waals surface area contributed by atoms with Gasteiger partial charge < -0.3 is 10.3 Å². The van der Waals surface area contributed by atoms with Crippen LogP contribution in [0.25, 0.3) is 22.4 Å². The SMILES string of the molecule is Cn1c(-c2cccnc2)nc2ccc(C3(N)CC3)cc21. The lowest BCUT2D eigenvalue weighted by molar-refractivity contribution is 0.740. The van der Waals surface area contributed by atoms with Crippen molar-refractivity contribution in [1.29, 1.82) is 0 Å². The van der Waals surface area contributed by atoms with Crippen molar-refractivity contribution >= 4 is 11.0 Å². The van der Waals surface area contributed by atoms with Gasteiger partial charge in [-0.2, -0.15) is 0 Å². The molecule has 0 atom stereocenters. The van der Waals surface area contributed by atoms with E-state index in [9.17, 15) is 0 Å². The number of nitrogens with two attached hydrogens (primary N) is 1. The van der Waals surface area contributed by atoms with Crippen molar-refractivity contribution in [2.45, 2.75) is 18.4 Å². The van der Waals surface area contributed by atoms with Crippen molar-refractivity contribution in [3.8, 4) is 11.4 Å². The molecule has 4 rings (SSSR count). The van der Waals surface area contributed by atoms with Gasteiger partial charge in [0.05, 0.1) is 11.0 Å². The van der Waals surface area contributed by atoms with Crippen LogP contribution in [-0.4, -0.2) is 14.5 Å². The van der Waals surface area contributed by atoms with Gasteiger partial charge in [0.15, 0.2) is 0 Å². The maximum absolute atomic E-state index is 6.29. The Bertz CT molecular complexity index is 785. The van der Waals surface area contributed by atoms with E-state index in [4.69, 9.17) is 10.7 Å². The van der Waals surface area contributed by atoms with Crippen LogP contribution in [0.4, 0.5) is 0 Å². The maximum Gasteiger partial charge on any atom is 0.142 e. The Balaban J connectivity index is 1.91. The molecular formula is C16H16N4. The molecule has 0 saturated heterocycles. The maximum atomic E-state index is 6.29. The summed E-state index contributed by atoms with van der Waals surface area (Å²) in [6, 6.07) is 10.3. The van der Waals surface area contributed by atoms with Crippen molar-refractivity contribution in [3.05, 3.63) is 48.3 Å². The topological polar surface area (TPSA) is 56.7 Å². The molecule has 0 bridgehead atoms. The molecule has 4 heteroatoms. The van der Waals surface area contributed by atoms with Crippen molar-refractivity contribution in [1.82, 2.24) is 14.5 Å². The fourth-order valence-corrected chi connectivity index (χ4v) is 2.68. The summed E-state index contributed by atoms with van der Waals surface area (Å²) >= 11 is 0. The van der Waals surface area contributed by atoms with Gasteiger partial charge in [-0.25, -0.2) is 4.98 Å². The number of aromatic nitrogens is 3. The van der Waals surface area contributed by atoms with Crippen LogP contribution in [0, 0.1) is 0 Å². The number of hydrogen-bond donors (Lipinski definition) is 1. The molecular weight excluding hydrogens is 248 g/mol. The summed E-state index contributed by atoms with van der Waals surface area (Å²) < 4.78 is 2.11. The summed E-state index contributed by atoms with van der Waals surface area (Å²) in [6.45, 7) is 0. The molecule has 1 aliphatic carbocycles. The third-order valence-corrected chi connectivity index (χ3v) is 4.16. The highest BCUT2D eigenvalue weighted by Crippen LogP contribution is 2.43. The van der Waals surface area contributed by atoms with Crippen molar-refractivity contribution in [2.24, 2.45) is 12.8 Å². The number of hydrogen-bond acceptors (Lipinski definition) is 3. The zero-order valence-electron chi connectivity index (χ0n) is 11.4. The molecule has 20 heavy (non-hydrogen) atoms. The Morgan fingerprint density at radius 2 is 2.10 bits per heavy atom. The summed E-state index contributed by atoms with van der Waals surface area (Å²) in [5.74, 6) is 0.937. The van der Waals surface area contributed by atoms with Crippen LogP contribution in [0.5, 0.6) is 0 Å². The first kappa shape index (κ1) is 11.6. The van der Waals surface area contributed by atoms with Crippen molar-refractivity contribution in [2.75, 3.05) is 0 Å². The molecule has 2 N–H and O–H groups in total. The van der Waals surface area contributed by atoms with Crippen LogP contribution >= 0.6 is 0 Å². The molecule has 0 radical (unpaired) electrons. The highest BCUT2D eigenvalue weighted by molar-refractivity contribution is 5.81. The largest absolute Gasteiger partial charge is 0.327 e. The van der Waals surface area contributed by atoms with E-state index in [0.717, 1.165) is 35.3 Å². The van der Waals surface area contributed by atoms with Crippen LogP contribution in [-0.2, 0) is 12.6 Å². The van der Waals surface area contributed by atoms with Crippen LogP contribution < -0.4 is 5.73 Å². The smallest absolute Gasteiger partial charge is 0.142 e. The van der Waals surface area contributed by atoms with Gasteiger partial charge in [-0.05, 0) is 42.7 Å². The quantitative estimate of drug-likeness (QED) is 0.774. The molecule has 2 heterocycles. The fraction of sp³-hybridized carbons (Fsp3) is 0.250. The lowest BCUT2D eigenvalue weighted by Crippen LogP contribution is -2.18. The minimum absolute atomic E-state index is 0.104. The van der Waals surface area contributed by atoms with E-state index in [1.807, 2.05) is 25.4 Å². The van der Waals surface area contributed by atoms with E-state index in [1.54, 1.807) is 6.20 Å². The molecule has 4 nitrogen and oxygen atoms in total. The number of rotatable bonds is 2. The van der Waals surface area contributed by atoms with Gasteiger partial charge >= 0.3 is 0 Å². The van der Waals surface area contributed by atoms with Crippen LogP contribution in [0.3, 0.4) is 0 Å². The minimum atomic E-state index is -0.104. The lowest BCUT2D eigenvalue weighted by Gasteiger charge is -2.09. The molecule has 2 aromatic heterocycles. The van der Waals surface area contributed by atoms with E-state index < -0.39 is 0 Å². The van der Waals surface area contributed by atoms with Crippen LogP contribution in [0.1, 0.15) is 18.4 Å². The third kappa shape index (κ3) is 1.65. The van der Waals surface area contributed by atoms with E-state index >= 15 is 0 Å². The predicted octanol–water partition coefficient (Wildman–Crippen LogP) is 2.58. The molecule has 1 aliphatic rings. The summed E-state index contributed by atoms with van der Waals surface area (Å²) in [5.41, 5.74) is 10.5. The molecule has 0 amide bonds. The Kier molecular flexibility index (Phi) is 2.26. The first-order chi connectivity index (χ1) is 9.67. The number of pyridine rings is 1. The predicted molar refractivity (Wildman–Crippen MR) is 79.0 cm³/mol. The fourth-order valence-electron chi connectivity index (χ4n) is 2.68. The number of benzene rings is 1. The normalized spacial score (nSPS) is 16.5. The first-order valence-electron chi connectivity index (χ1n) is 6.84. The van der Waals surface area contributed by atoms with Gasteiger partial charge in [-0.15, -0.1) is 0 Å². The minimum Gasteiger partial charge on any atom is -0.327 e. The highest BCUT2D eigenvalue weighted by Gasteiger charge is 2.40. The summed E-state index contributed by atoms with van der Waals surface area (Å²) in [6.07, 6.45) is 5.76. The monoisotopic (exact) mass is 264 g/mol. The standard InChI is InChI=1S/C16H16N4/c1-20-14-9-12(16(17)6-7-16)4-5-13(14)19-15(20)11-3-2-8-18-10-11/h2-5,8-10H,6-7,17H2,1H3. The average molecular weight is 264 g/mol. The summed E-state index contributed by atoms with van der Waals surface area (Å²) in [7, 11) is 2.04. The number of imidazole rings is 1. The molecule has 1 saturated carbocycles.